The molecule has 6 heteroatoms. The number of carbonyl (C=O) groups excluding carboxylic acids is 1. The third-order valence-corrected chi connectivity index (χ3v) is 4.41. The summed E-state index contributed by atoms with van der Waals surface area (Å²) in [4.78, 5) is 18.3. The standard InChI is InChI=1S/C17H17N5O/c23-17(14-4-8-18-9-5-14)21-11-6-13(7-12-21)16-20-19-15-3-1-2-10-22(15)16/h1-5,8-10,13H,6-7,11-12H2. The molecule has 1 saturated heterocycles. The van der Waals surface area contributed by atoms with E-state index < -0.39 is 0 Å². The molecule has 0 bridgehead atoms. The lowest BCUT2D eigenvalue weighted by molar-refractivity contribution is 0.0710. The largest absolute Gasteiger partial charge is 0.339 e. The van der Waals surface area contributed by atoms with Crippen molar-refractivity contribution in [2.45, 2.75) is 18.8 Å². The lowest BCUT2D eigenvalue weighted by atomic mass is 9.95. The van der Waals surface area contributed by atoms with E-state index in [0.717, 1.165) is 37.4 Å². The Labute approximate surface area is 133 Å². The fourth-order valence-corrected chi connectivity index (χ4v) is 3.16. The molecule has 0 unspecified atom stereocenters. The second-order valence-corrected chi connectivity index (χ2v) is 5.79. The Morgan fingerprint density at radius 1 is 1.04 bits per heavy atom. The molecule has 3 aromatic rings. The predicted molar refractivity (Wildman–Crippen MR) is 85.1 cm³/mol. The highest BCUT2D eigenvalue weighted by molar-refractivity contribution is 5.94. The van der Waals surface area contributed by atoms with Crippen molar-refractivity contribution < 1.29 is 4.79 Å². The van der Waals surface area contributed by atoms with Gasteiger partial charge in [0.1, 0.15) is 5.82 Å². The first kappa shape index (κ1) is 13.9. The molecule has 3 aromatic heterocycles. The second-order valence-electron chi connectivity index (χ2n) is 5.79. The molecule has 1 fully saturated rings. The zero-order chi connectivity index (χ0) is 15.6. The van der Waals surface area contributed by atoms with Gasteiger partial charge in [0, 0.05) is 43.2 Å². The molecule has 4 heterocycles. The van der Waals surface area contributed by atoms with Gasteiger partial charge in [-0.05, 0) is 37.1 Å². The van der Waals surface area contributed by atoms with Crippen molar-refractivity contribution in [1.29, 1.82) is 0 Å². The summed E-state index contributed by atoms with van der Waals surface area (Å²) in [7, 11) is 0. The van der Waals surface area contributed by atoms with Crippen LogP contribution in [-0.2, 0) is 0 Å². The van der Waals surface area contributed by atoms with Crippen LogP contribution in [0.25, 0.3) is 5.65 Å². The number of aromatic nitrogens is 4. The number of pyridine rings is 2. The van der Waals surface area contributed by atoms with E-state index in [2.05, 4.69) is 15.2 Å². The first-order chi connectivity index (χ1) is 11.3. The average molecular weight is 307 g/mol. The van der Waals surface area contributed by atoms with Crippen LogP contribution < -0.4 is 0 Å². The van der Waals surface area contributed by atoms with Gasteiger partial charge in [-0.15, -0.1) is 10.2 Å². The summed E-state index contributed by atoms with van der Waals surface area (Å²) in [6.07, 6.45) is 7.13. The van der Waals surface area contributed by atoms with Gasteiger partial charge in [-0.25, -0.2) is 0 Å². The number of likely N-dealkylation sites (tertiary alicyclic amines) is 1. The molecule has 116 valence electrons. The molecule has 4 rings (SSSR count). The van der Waals surface area contributed by atoms with Crippen molar-refractivity contribution in [2.24, 2.45) is 0 Å². The highest BCUT2D eigenvalue weighted by atomic mass is 16.2. The number of fused-ring (bicyclic) bond motifs is 1. The number of amides is 1. The molecule has 0 spiro atoms. The van der Waals surface area contributed by atoms with Gasteiger partial charge in [-0.2, -0.15) is 0 Å². The summed E-state index contributed by atoms with van der Waals surface area (Å²) in [6, 6.07) is 9.44. The van der Waals surface area contributed by atoms with Crippen LogP contribution in [0.1, 0.15) is 34.9 Å². The number of piperidine rings is 1. The zero-order valence-electron chi connectivity index (χ0n) is 12.7. The van der Waals surface area contributed by atoms with Crippen LogP contribution in [0.3, 0.4) is 0 Å². The Balaban J connectivity index is 1.48. The van der Waals surface area contributed by atoms with E-state index in [4.69, 9.17) is 0 Å². The van der Waals surface area contributed by atoms with Gasteiger partial charge in [-0.3, -0.25) is 14.2 Å². The minimum atomic E-state index is 0.0805. The lowest BCUT2D eigenvalue weighted by Gasteiger charge is -2.31. The Morgan fingerprint density at radius 3 is 2.61 bits per heavy atom. The maximum atomic E-state index is 12.5. The van der Waals surface area contributed by atoms with Gasteiger partial charge in [0.15, 0.2) is 5.65 Å². The van der Waals surface area contributed by atoms with E-state index in [1.165, 1.54) is 0 Å². The van der Waals surface area contributed by atoms with E-state index in [1.807, 2.05) is 33.7 Å². The van der Waals surface area contributed by atoms with Crippen LogP contribution in [-0.4, -0.2) is 43.5 Å². The smallest absolute Gasteiger partial charge is 0.253 e. The van der Waals surface area contributed by atoms with Crippen molar-refractivity contribution in [3.8, 4) is 0 Å². The SMILES string of the molecule is O=C(c1ccncc1)N1CCC(c2nnc3ccccn23)CC1. The number of carbonyl (C=O) groups is 1. The van der Waals surface area contributed by atoms with Gasteiger partial charge in [-0.1, -0.05) is 6.07 Å². The van der Waals surface area contributed by atoms with Crippen LogP contribution in [0.15, 0.2) is 48.9 Å². The van der Waals surface area contributed by atoms with Crippen LogP contribution in [0, 0.1) is 0 Å². The van der Waals surface area contributed by atoms with E-state index >= 15 is 0 Å². The average Bonchev–Trinajstić information content (AvgIpc) is 3.06. The van der Waals surface area contributed by atoms with E-state index in [0.29, 0.717) is 11.5 Å². The summed E-state index contributed by atoms with van der Waals surface area (Å²) in [5.41, 5.74) is 1.57. The fourth-order valence-electron chi connectivity index (χ4n) is 3.16. The molecule has 6 nitrogen and oxygen atoms in total. The van der Waals surface area contributed by atoms with Crippen molar-refractivity contribution in [3.05, 3.63) is 60.3 Å². The molecule has 0 radical (unpaired) electrons. The molecule has 0 aromatic carbocycles. The van der Waals surface area contributed by atoms with E-state index in [-0.39, 0.29) is 5.91 Å². The van der Waals surface area contributed by atoms with Crippen LogP contribution >= 0.6 is 0 Å². The van der Waals surface area contributed by atoms with Crippen LogP contribution in [0.2, 0.25) is 0 Å². The molecule has 1 amide bonds. The number of hydrogen-bond donors (Lipinski definition) is 0. The van der Waals surface area contributed by atoms with Crippen molar-refractivity contribution in [2.75, 3.05) is 13.1 Å². The lowest BCUT2D eigenvalue weighted by Crippen LogP contribution is -2.38. The third-order valence-electron chi connectivity index (χ3n) is 4.41. The summed E-state index contributed by atoms with van der Waals surface area (Å²) < 4.78 is 2.05. The molecule has 23 heavy (non-hydrogen) atoms. The van der Waals surface area contributed by atoms with Gasteiger partial charge in [0.2, 0.25) is 0 Å². The van der Waals surface area contributed by atoms with Crippen molar-refractivity contribution in [1.82, 2.24) is 24.5 Å². The third kappa shape index (κ3) is 2.56. The number of rotatable bonds is 2. The summed E-state index contributed by atoms with van der Waals surface area (Å²) in [5.74, 6) is 1.42. The Hall–Kier alpha value is -2.76. The van der Waals surface area contributed by atoms with Gasteiger partial charge < -0.3 is 4.90 Å². The normalized spacial score (nSPS) is 15.9. The highest BCUT2D eigenvalue weighted by Gasteiger charge is 2.27. The molecule has 0 atom stereocenters. The number of nitrogens with zero attached hydrogens (tertiary/aromatic N) is 5. The van der Waals surface area contributed by atoms with Gasteiger partial charge >= 0.3 is 0 Å². The van der Waals surface area contributed by atoms with Crippen molar-refractivity contribution in [3.63, 3.8) is 0 Å². The molecule has 0 N–H and O–H groups in total. The summed E-state index contributed by atoms with van der Waals surface area (Å²) in [5, 5.41) is 8.57. The van der Waals surface area contributed by atoms with Crippen LogP contribution in [0.5, 0.6) is 0 Å². The summed E-state index contributed by atoms with van der Waals surface area (Å²) >= 11 is 0. The highest BCUT2D eigenvalue weighted by Crippen LogP contribution is 2.27. The fraction of sp³-hybridized carbons (Fsp3) is 0.294. The van der Waals surface area contributed by atoms with Crippen LogP contribution in [0.4, 0.5) is 0 Å². The molecule has 1 aliphatic heterocycles. The Morgan fingerprint density at radius 2 is 1.83 bits per heavy atom. The topological polar surface area (TPSA) is 63.4 Å². The minimum absolute atomic E-state index is 0.0805. The maximum Gasteiger partial charge on any atom is 0.253 e. The van der Waals surface area contributed by atoms with Gasteiger partial charge in [0.05, 0.1) is 0 Å². The minimum Gasteiger partial charge on any atom is -0.339 e. The first-order valence-electron chi connectivity index (χ1n) is 7.82. The van der Waals surface area contributed by atoms with Gasteiger partial charge in [0.25, 0.3) is 5.91 Å². The second kappa shape index (κ2) is 5.79. The Bertz CT molecular complexity index is 821. The molecule has 0 aliphatic carbocycles. The van der Waals surface area contributed by atoms with E-state index in [1.54, 1.807) is 24.5 Å². The first-order valence-corrected chi connectivity index (χ1v) is 7.82. The maximum absolute atomic E-state index is 12.5. The monoisotopic (exact) mass is 307 g/mol. The predicted octanol–water partition coefficient (Wildman–Crippen LogP) is 2.14. The van der Waals surface area contributed by atoms with E-state index in [9.17, 15) is 4.79 Å². The quantitative estimate of drug-likeness (QED) is 0.727. The molecule has 0 saturated carbocycles. The summed E-state index contributed by atoms with van der Waals surface area (Å²) in [6.45, 7) is 1.49. The van der Waals surface area contributed by atoms with Crippen molar-refractivity contribution >= 4 is 11.6 Å². The molecule has 1 aliphatic rings. The number of hydrogen-bond acceptors (Lipinski definition) is 4. The molecular formula is C17H17N5O. The zero-order valence-corrected chi connectivity index (χ0v) is 12.7. The molecular weight excluding hydrogens is 290 g/mol. The Kier molecular flexibility index (Phi) is 3.49.